The summed E-state index contributed by atoms with van der Waals surface area (Å²) in [4.78, 5) is 4.79. The van der Waals surface area contributed by atoms with E-state index >= 15 is 0 Å². The van der Waals surface area contributed by atoms with Crippen LogP contribution in [0.4, 0.5) is 0 Å². The molecule has 0 radical (unpaired) electrons. The largest absolute Gasteiger partial charge is 0.508 e. The molecule has 0 aromatic heterocycles. The zero-order valence-corrected chi connectivity index (χ0v) is 12.5. The second kappa shape index (κ2) is 6.60. The molecule has 1 saturated heterocycles. The highest BCUT2D eigenvalue weighted by atomic mass is 35.5. The summed E-state index contributed by atoms with van der Waals surface area (Å²) in [7, 11) is 4.33. The topological polar surface area (TPSA) is 26.7 Å². The fourth-order valence-corrected chi connectivity index (χ4v) is 2.95. The van der Waals surface area contributed by atoms with Gasteiger partial charge in [0.1, 0.15) is 5.75 Å². The maximum atomic E-state index is 9.38. The third-order valence-electron chi connectivity index (χ3n) is 3.95. The van der Waals surface area contributed by atoms with Gasteiger partial charge in [-0.25, -0.2) is 0 Å². The Bertz CT molecular complexity index is 423. The molecule has 1 aliphatic heterocycles. The second-order valence-corrected chi connectivity index (χ2v) is 6.01. The van der Waals surface area contributed by atoms with Crippen LogP contribution in [0, 0.1) is 0 Å². The van der Waals surface area contributed by atoms with Crippen molar-refractivity contribution in [1.82, 2.24) is 9.80 Å². The lowest BCUT2D eigenvalue weighted by Crippen LogP contribution is -2.30. The molecule has 1 fully saturated rings. The third kappa shape index (κ3) is 4.10. The first-order chi connectivity index (χ1) is 9.06. The second-order valence-electron chi connectivity index (χ2n) is 5.60. The molecule has 1 aliphatic rings. The molecule has 4 heteroatoms. The van der Waals surface area contributed by atoms with Crippen LogP contribution in [-0.2, 0) is 6.54 Å². The lowest BCUT2D eigenvalue weighted by molar-refractivity contribution is 0.245. The highest BCUT2D eigenvalue weighted by Gasteiger charge is 2.18. The summed E-state index contributed by atoms with van der Waals surface area (Å²) in [5.41, 5.74) is 1.10. The van der Waals surface area contributed by atoms with E-state index in [9.17, 15) is 5.11 Å². The summed E-state index contributed by atoms with van der Waals surface area (Å²) >= 11 is 6.17. The van der Waals surface area contributed by atoms with E-state index in [4.69, 9.17) is 11.6 Å². The van der Waals surface area contributed by atoms with Crippen molar-refractivity contribution in [3.63, 3.8) is 0 Å². The summed E-state index contributed by atoms with van der Waals surface area (Å²) < 4.78 is 0. The standard InChI is InChI=1S/C15H23ClN2O/c1-17(2)13-4-3-8-18(9-7-13)11-12-5-6-14(19)10-15(12)16/h5-6,10,13,19H,3-4,7-9,11H2,1-2H3/t13-/m0/s1. The molecule has 0 aliphatic carbocycles. The summed E-state index contributed by atoms with van der Waals surface area (Å²) in [6.45, 7) is 3.11. The van der Waals surface area contributed by atoms with Gasteiger partial charge >= 0.3 is 0 Å². The van der Waals surface area contributed by atoms with Crippen LogP contribution in [0.3, 0.4) is 0 Å². The molecule has 0 spiro atoms. The molecular weight excluding hydrogens is 260 g/mol. The Morgan fingerprint density at radius 1 is 1.32 bits per heavy atom. The Morgan fingerprint density at radius 2 is 2.11 bits per heavy atom. The number of hydrogen-bond donors (Lipinski definition) is 1. The number of phenolic OH excluding ortho intramolecular Hbond substituents is 1. The van der Waals surface area contributed by atoms with Gasteiger partial charge in [-0.15, -0.1) is 0 Å². The highest BCUT2D eigenvalue weighted by molar-refractivity contribution is 6.31. The van der Waals surface area contributed by atoms with Crippen LogP contribution in [-0.4, -0.2) is 48.1 Å². The molecule has 1 aromatic rings. The summed E-state index contributed by atoms with van der Waals surface area (Å²) in [5.74, 6) is 0.234. The summed E-state index contributed by atoms with van der Waals surface area (Å²) in [5, 5.41) is 10.0. The number of likely N-dealkylation sites (tertiary alicyclic amines) is 1. The average molecular weight is 283 g/mol. The number of benzene rings is 1. The van der Waals surface area contributed by atoms with Gasteiger partial charge in [0.25, 0.3) is 0 Å². The van der Waals surface area contributed by atoms with Crippen LogP contribution in [0.1, 0.15) is 24.8 Å². The number of halogens is 1. The van der Waals surface area contributed by atoms with Gasteiger partial charge in [-0.1, -0.05) is 17.7 Å². The van der Waals surface area contributed by atoms with Crippen molar-refractivity contribution in [3.8, 4) is 5.75 Å². The van der Waals surface area contributed by atoms with Gasteiger partial charge in [0.2, 0.25) is 0 Å². The van der Waals surface area contributed by atoms with E-state index in [-0.39, 0.29) is 5.75 Å². The molecule has 106 valence electrons. The van der Waals surface area contributed by atoms with Crippen molar-refractivity contribution in [2.24, 2.45) is 0 Å². The number of phenols is 1. The number of rotatable bonds is 3. The van der Waals surface area contributed by atoms with Crippen molar-refractivity contribution in [3.05, 3.63) is 28.8 Å². The van der Waals surface area contributed by atoms with E-state index in [1.165, 1.54) is 19.3 Å². The van der Waals surface area contributed by atoms with E-state index in [0.717, 1.165) is 25.2 Å². The summed E-state index contributed by atoms with van der Waals surface area (Å²) in [6.07, 6.45) is 3.72. The number of aromatic hydroxyl groups is 1. The van der Waals surface area contributed by atoms with Crippen molar-refractivity contribution < 1.29 is 5.11 Å². The third-order valence-corrected chi connectivity index (χ3v) is 4.30. The SMILES string of the molecule is CN(C)[C@H]1CCCN(Cc2ccc(O)cc2Cl)CC1. The maximum absolute atomic E-state index is 9.38. The van der Waals surface area contributed by atoms with Crippen LogP contribution in [0.2, 0.25) is 5.02 Å². The Hall–Kier alpha value is -0.770. The fourth-order valence-electron chi connectivity index (χ4n) is 2.72. The fraction of sp³-hybridized carbons (Fsp3) is 0.600. The first kappa shape index (κ1) is 14.6. The van der Waals surface area contributed by atoms with Gasteiger partial charge < -0.3 is 10.0 Å². The van der Waals surface area contributed by atoms with Crippen molar-refractivity contribution in [1.29, 1.82) is 0 Å². The molecular formula is C15H23ClN2O. The summed E-state index contributed by atoms with van der Waals surface area (Å²) in [6, 6.07) is 5.95. The molecule has 1 aromatic carbocycles. The van der Waals surface area contributed by atoms with Gasteiger partial charge in [0.05, 0.1) is 0 Å². The van der Waals surface area contributed by atoms with E-state index in [1.54, 1.807) is 12.1 Å². The van der Waals surface area contributed by atoms with Gasteiger partial charge in [0, 0.05) is 17.6 Å². The molecule has 0 unspecified atom stereocenters. The lowest BCUT2D eigenvalue weighted by Gasteiger charge is -2.23. The van der Waals surface area contributed by atoms with Crippen molar-refractivity contribution in [2.45, 2.75) is 31.8 Å². The van der Waals surface area contributed by atoms with Crippen LogP contribution in [0.5, 0.6) is 5.75 Å². The first-order valence-corrected chi connectivity index (χ1v) is 7.30. The zero-order chi connectivity index (χ0) is 13.8. The monoisotopic (exact) mass is 282 g/mol. The van der Waals surface area contributed by atoms with E-state index in [0.29, 0.717) is 11.1 Å². The minimum absolute atomic E-state index is 0.234. The van der Waals surface area contributed by atoms with Crippen LogP contribution < -0.4 is 0 Å². The molecule has 0 bridgehead atoms. The van der Waals surface area contributed by atoms with E-state index in [2.05, 4.69) is 23.9 Å². The molecule has 1 N–H and O–H groups in total. The molecule has 0 amide bonds. The van der Waals surface area contributed by atoms with Crippen LogP contribution in [0.25, 0.3) is 0 Å². The maximum Gasteiger partial charge on any atom is 0.117 e. The van der Waals surface area contributed by atoms with Crippen molar-refractivity contribution >= 4 is 11.6 Å². The Morgan fingerprint density at radius 3 is 2.79 bits per heavy atom. The molecule has 0 saturated carbocycles. The minimum atomic E-state index is 0.234. The smallest absolute Gasteiger partial charge is 0.117 e. The van der Waals surface area contributed by atoms with Gasteiger partial charge in [-0.2, -0.15) is 0 Å². The van der Waals surface area contributed by atoms with Gasteiger partial charge in [0.15, 0.2) is 0 Å². The quantitative estimate of drug-likeness (QED) is 0.923. The zero-order valence-electron chi connectivity index (χ0n) is 11.8. The Labute approximate surface area is 120 Å². The lowest BCUT2D eigenvalue weighted by atomic mass is 10.1. The minimum Gasteiger partial charge on any atom is -0.508 e. The molecule has 19 heavy (non-hydrogen) atoms. The Balaban J connectivity index is 1.96. The highest BCUT2D eigenvalue weighted by Crippen LogP contribution is 2.24. The van der Waals surface area contributed by atoms with Crippen LogP contribution >= 0.6 is 11.6 Å². The van der Waals surface area contributed by atoms with E-state index in [1.807, 2.05) is 6.07 Å². The normalized spacial score (nSPS) is 21.6. The van der Waals surface area contributed by atoms with E-state index < -0.39 is 0 Å². The number of nitrogens with zero attached hydrogens (tertiary/aromatic N) is 2. The molecule has 1 atom stereocenters. The van der Waals surface area contributed by atoms with Crippen LogP contribution in [0.15, 0.2) is 18.2 Å². The molecule has 2 rings (SSSR count). The average Bonchev–Trinajstić information content (AvgIpc) is 2.58. The van der Waals surface area contributed by atoms with Gasteiger partial charge in [-0.3, -0.25) is 4.90 Å². The predicted octanol–water partition coefficient (Wildman–Crippen LogP) is 2.96. The predicted molar refractivity (Wildman–Crippen MR) is 79.7 cm³/mol. The first-order valence-electron chi connectivity index (χ1n) is 6.92. The Kier molecular flexibility index (Phi) is 5.08. The molecule has 1 heterocycles. The van der Waals surface area contributed by atoms with Gasteiger partial charge in [-0.05, 0) is 64.1 Å². The molecule has 3 nitrogen and oxygen atoms in total. The van der Waals surface area contributed by atoms with Crippen molar-refractivity contribution in [2.75, 3.05) is 27.2 Å². The number of hydrogen-bond acceptors (Lipinski definition) is 3.